The first kappa shape index (κ1) is 30.8. The lowest BCUT2D eigenvalue weighted by molar-refractivity contribution is 0.102. The zero-order valence-corrected chi connectivity index (χ0v) is 26.3. The fourth-order valence-corrected chi connectivity index (χ4v) is 6.13. The van der Waals surface area contributed by atoms with Gasteiger partial charge in [0, 0.05) is 49.7 Å². The number of H-pyrrole nitrogens is 2. The minimum Gasteiger partial charge on any atom is -0.399 e. The second-order valence-electron chi connectivity index (χ2n) is 11.5. The number of carbonyl (C=O) groups is 3. The number of likely N-dealkylation sites (N-methyl/N-ethyl adjacent to an activating group) is 1. The van der Waals surface area contributed by atoms with Crippen LogP contribution in [0.2, 0.25) is 0 Å². The maximum Gasteiger partial charge on any atom is 0.414 e. The monoisotopic (exact) mass is 644 g/mol. The van der Waals surface area contributed by atoms with E-state index in [1.54, 1.807) is 68.6 Å². The molecule has 5 N–H and O–H groups in total. The van der Waals surface area contributed by atoms with E-state index in [4.69, 9.17) is 4.74 Å². The summed E-state index contributed by atoms with van der Waals surface area (Å²) in [6.07, 6.45) is 0.886. The molecule has 0 spiro atoms. The van der Waals surface area contributed by atoms with Gasteiger partial charge in [-0.15, -0.1) is 0 Å². The Morgan fingerprint density at radius 3 is 2.50 bits per heavy atom. The van der Waals surface area contributed by atoms with Crippen molar-refractivity contribution >= 4 is 56.7 Å². The topological polar surface area (TPSA) is 147 Å². The summed E-state index contributed by atoms with van der Waals surface area (Å²) in [5.41, 5.74) is 1.13. The molecule has 3 amide bonds. The summed E-state index contributed by atoms with van der Waals surface area (Å²) in [6, 6.07) is 16.5. The van der Waals surface area contributed by atoms with E-state index >= 15 is 0 Å². The van der Waals surface area contributed by atoms with Crippen molar-refractivity contribution in [1.29, 1.82) is 0 Å². The van der Waals surface area contributed by atoms with Crippen LogP contribution in [0.1, 0.15) is 40.3 Å². The number of carbonyl (C=O) groups excluding carboxylic acids is 3. The van der Waals surface area contributed by atoms with Gasteiger partial charge in [0.05, 0.1) is 22.2 Å². The molecule has 14 heteroatoms. The zero-order chi connectivity index (χ0) is 32.4. The van der Waals surface area contributed by atoms with E-state index in [9.17, 15) is 18.8 Å². The number of nitrogens with zero attached hydrogens (tertiary/aromatic N) is 3. The van der Waals surface area contributed by atoms with Crippen molar-refractivity contribution in [3.63, 3.8) is 0 Å². The van der Waals surface area contributed by atoms with Gasteiger partial charge in [0.25, 0.3) is 11.8 Å². The molecule has 4 heterocycles. The van der Waals surface area contributed by atoms with Crippen LogP contribution in [-0.2, 0) is 5.54 Å². The molecule has 1 aliphatic rings. The Balaban J connectivity index is 1.19. The van der Waals surface area contributed by atoms with Gasteiger partial charge >= 0.3 is 6.09 Å². The molecule has 0 aliphatic carbocycles. The molecule has 0 unspecified atom stereocenters. The lowest BCUT2D eigenvalue weighted by Gasteiger charge is -2.34. The first-order valence-corrected chi connectivity index (χ1v) is 15.5. The summed E-state index contributed by atoms with van der Waals surface area (Å²) in [4.78, 5) is 47.2. The van der Waals surface area contributed by atoms with Crippen molar-refractivity contribution in [2.45, 2.75) is 19.4 Å². The van der Waals surface area contributed by atoms with Gasteiger partial charge < -0.3 is 35.5 Å². The van der Waals surface area contributed by atoms with Gasteiger partial charge in [-0.05, 0) is 57.3 Å². The molecule has 238 valence electrons. The van der Waals surface area contributed by atoms with E-state index in [2.05, 4.69) is 48.0 Å². The van der Waals surface area contributed by atoms with Crippen LogP contribution in [-0.4, -0.2) is 71.2 Å². The highest BCUT2D eigenvalue weighted by molar-refractivity contribution is 7.20. The summed E-state index contributed by atoms with van der Waals surface area (Å²) in [7, 11) is 2.07. The normalized spacial score (nSPS) is 13.9. The fraction of sp³-hybridized carbons (Fsp3) is 0.250. The largest absolute Gasteiger partial charge is 0.414 e. The molecule has 0 bridgehead atoms. The molecule has 3 aromatic heterocycles. The van der Waals surface area contributed by atoms with Crippen molar-refractivity contribution in [3.05, 3.63) is 89.5 Å². The second-order valence-corrected chi connectivity index (χ2v) is 12.5. The van der Waals surface area contributed by atoms with Crippen LogP contribution in [0.3, 0.4) is 0 Å². The first-order valence-electron chi connectivity index (χ1n) is 14.6. The lowest BCUT2D eigenvalue weighted by Crippen LogP contribution is -2.44. The predicted octanol–water partition coefficient (Wildman–Crippen LogP) is 5.37. The standard InChI is InChI=1S/C32H33FN8O4S/c1-32(2,22-7-4-5-8-23(22)33)37-31(44)45-26-18-21-27(38-39-30(21)46-26)36-28(42)20-11-10-19(41-15-13-40(3)14-16-41)17-25(20)35-29(43)24-9-6-12-34-24/h4-12,17-18,34H,13-16H2,1-3H3,(H,35,43)(H,37,44)(H2,36,38,39,42). The number of amides is 3. The molecular weight excluding hydrogens is 611 g/mol. The van der Waals surface area contributed by atoms with Gasteiger partial charge in [-0.2, -0.15) is 5.10 Å². The van der Waals surface area contributed by atoms with E-state index in [-0.39, 0.29) is 22.4 Å². The molecular formula is C32H33FN8O4S. The third-order valence-corrected chi connectivity index (χ3v) is 8.75. The number of rotatable bonds is 8. The van der Waals surface area contributed by atoms with Gasteiger partial charge in [-0.3, -0.25) is 14.7 Å². The van der Waals surface area contributed by atoms with E-state index in [1.165, 1.54) is 6.07 Å². The van der Waals surface area contributed by atoms with E-state index in [0.29, 0.717) is 27.2 Å². The third-order valence-electron chi connectivity index (χ3n) is 7.83. The maximum atomic E-state index is 14.3. The second kappa shape index (κ2) is 12.7. The predicted molar refractivity (Wildman–Crippen MR) is 175 cm³/mol. The molecule has 0 saturated carbocycles. The molecule has 1 fully saturated rings. The average molecular weight is 645 g/mol. The van der Waals surface area contributed by atoms with E-state index in [1.807, 2.05) is 6.07 Å². The van der Waals surface area contributed by atoms with Crippen LogP contribution >= 0.6 is 11.3 Å². The number of halogens is 1. The SMILES string of the molecule is CN1CCN(c2ccc(C(=O)Nc3n[nH]c4sc(OC(=O)NC(C)(C)c5ccccc5F)cc34)c(NC(=O)c3ccc[nH]3)c2)CC1. The number of nitrogens with one attached hydrogen (secondary N) is 5. The van der Waals surface area contributed by atoms with Crippen molar-refractivity contribution in [2.75, 3.05) is 48.8 Å². The average Bonchev–Trinajstić information content (AvgIpc) is 3.77. The van der Waals surface area contributed by atoms with Crippen LogP contribution in [0.15, 0.2) is 66.9 Å². The number of aromatic amines is 2. The molecule has 0 radical (unpaired) electrons. The number of piperazine rings is 1. The Hall–Kier alpha value is -5.21. The highest BCUT2D eigenvalue weighted by Crippen LogP contribution is 2.35. The molecule has 2 aromatic carbocycles. The summed E-state index contributed by atoms with van der Waals surface area (Å²) < 4.78 is 19.8. The number of fused-ring (bicyclic) bond motifs is 1. The Bertz CT molecular complexity index is 1890. The summed E-state index contributed by atoms with van der Waals surface area (Å²) >= 11 is 1.13. The van der Waals surface area contributed by atoms with Crippen LogP contribution in [0.4, 0.5) is 26.4 Å². The van der Waals surface area contributed by atoms with Crippen molar-refractivity contribution < 1.29 is 23.5 Å². The Morgan fingerprint density at radius 1 is 0.978 bits per heavy atom. The molecule has 12 nitrogen and oxygen atoms in total. The van der Waals surface area contributed by atoms with Crippen LogP contribution in [0, 0.1) is 5.82 Å². The molecule has 0 atom stereocenters. The van der Waals surface area contributed by atoms with Crippen LogP contribution < -0.4 is 25.6 Å². The number of benzene rings is 2. The van der Waals surface area contributed by atoms with Gasteiger partial charge in [0.1, 0.15) is 16.3 Å². The van der Waals surface area contributed by atoms with Crippen molar-refractivity contribution in [3.8, 4) is 5.06 Å². The molecule has 5 aromatic rings. The van der Waals surface area contributed by atoms with E-state index in [0.717, 1.165) is 43.2 Å². The zero-order valence-electron chi connectivity index (χ0n) is 25.4. The van der Waals surface area contributed by atoms with Crippen LogP contribution in [0.25, 0.3) is 10.2 Å². The minimum atomic E-state index is -1.03. The molecule has 1 aliphatic heterocycles. The van der Waals surface area contributed by atoms with Gasteiger partial charge in [0.15, 0.2) is 10.9 Å². The van der Waals surface area contributed by atoms with E-state index < -0.39 is 23.4 Å². The maximum absolute atomic E-state index is 14.3. The lowest BCUT2D eigenvalue weighted by atomic mass is 9.94. The first-order chi connectivity index (χ1) is 22.1. The highest BCUT2D eigenvalue weighted by Gasteiger charge is 2.28. The number of hydrogen-bond acceptors (Lipinski definition) is 8. The van der Waals surface area contributed by atoms with Gasteiger partial charge in [0.2, 0.25) is 0 Å². The Kier molecular flexibility index (Phi) is 8.47. The summed E-state index contributed by atoms with van der Waals surface area (Å²) in [6.45, 7) is 6.79. The van der Waals surface area contributed by atoms with Crippen molar-refractivity contribution in [1.82, 2.24) is 25.4 Å². The quantitative estimate of drug-likeness (QED) is 0.153. The fourth-order valence-electron chi connectivity index (χ4n) is 5.28. The van der Waals surface area contributed by atoms with Crippen molar-refractivity contribution in [2.24, 2.45) is 0 Å². The molecule has 46 heavy (non-hydrogen) atoms. The third kappa shape index (κ3) is 6.57. The molecule has 6 rings (SSSR count). The number of anilines is 3. The Labute approximate surface area is 267 Å². The Morgan fingerprint density at radius 2 is 1.76 bits per heavy atom. The summed E-state index contributed by atoms with van der Waals surface area (Å²) in [5, 5.41) is 16.2. The number of hydrogen-bond donors (Lipinski definition) is 5. The van der Waals surface area contributed by atoms with Crippen LogP contribution in [0.5, 0.6) is 5.06 Å². The highest BCUT2D eigenvalue weighted by atomic mass is 32.1. The van der Waals surface area contributed by atoms with Gasteiger partial charge in [-0.1, -0.05) is 29.5 Å². The van der Waals surface area contributed by atoms with Gasteiger partial charge in [-0.25, -0.2) is 9.18 Å². The smallest absolute Gasteiger partial charge is 0.399 e. The number of aromatic nitrogens is 3. The molecule has 1 saturated heterocycles. The number of ether oxygens (including phenoxy) is 1. The summed E-state index contributed by atoms with van der Waals surface area (Å²) in [5.74, 6) is -1.08. The number of thiophene rings is 1. The minimum absolute atomic E-state index is 0.225.